The summed E-state index contributed by atoms with van der Waals surface area (Å²) < 4.78 is 0. The van der Waals surface area contributed by atoms with Gasteiger partial charge in [-0.25, -0.2) is 0 Å². The number of fused-ring (bicyclic) bond motifs is 1. The van der Waals surface area contributed by atoms with Crippen LogP contribution in [0.1, 0.15) is 33.6 Å². The first-order chi connectivity index (χ1) is 7.83. The maximum atomic E-state index is 11.7. The monoisotopic (exact) mass is 237 g/mol. The minimum atomic E-state index is -0.693. The average Bonchev–Trinajstić information content (AvgIpc) is 2.54. The lowest BCUT2D eigenvalue weighted by Gasteiger charge is -2.58. The first-order valence-electron chi connectivity index (χ1n) is 6.42. The van der Waals surface area contributed by atoms with E-state index in [0.29, 0.717) is 18.4 Å². The van der Waals surface area contributed by atoms with Crippen LogP contribution < -0.4 is 5.73 Å². The molecule has 0 saturated heterocycles. The SMILES string of the molecule is CC(C)(C)C(C(=O)O)C1(CN)CC2CC=CC21. The number of hydrogen-bond acceptors (Lipinski definition) is 2. The highest BCUT2D eigenvalue weighted by molar-refractivity contribution is 5.72. The second kappa shape index (κ2) is 3.84. The Balaban J connectivity index is 2.34. The van der Waals surface area contributed by atoms with Gasteiger partial charge in [0.05, 0.1) is 5.92 Å². The topological polar surface area (TPSA) is 63.3 Å². The number of allylic oxidation sites excluding steroid dienone is 2. The molecule has 0 aliphatic heterocycles. The standard InChI is InChI=1S/C14H23NO2/c1-13(2,3)11(12(16)17)14(8-15)7-9-5-4-6-10(9)14/h4,6,9-11H,5,7-8,15H2,1-3H3,(H,16,17). The van der Waals surface area contributed by atoms with Gasteiger partial charge >= 0.3 is 5.97 Å². The average molecular weight is 237 g/mol. The summed E-state index contributed by atoms with van der Waals surface area (Å²) in [5, 5.41) is 9.58. The molecule has 0 amide bonds. The van der Waals surface area contributed by atoms with Gasteiger partial charge in [-0.05, 0) is 36.6 Å². The van der Waals surface area contributed by atoms with E-state index in [1.54, 1.807) is 0 Å². The molecule has 0 aromatic heterocycles. The number of aliphatic carboxylic acids is 1. The van der Waals surface area contributed by atoms with Crippen molar-refractivity contribution in [2.24, 2.45) is 34.3 Å². The molecular weight excluding hydrogens is 214 g/mol. The molecule has 3 nitrogen and oxygen atoms in total. The second-order valence-corrected chi connectivity index (χ2v) is 6.73. The van der Waals surface area contributed by atoms with Crippen molar-refractivity contribution in [2.45, 2.75) is 33.6 Å². The Labute approximate surface area is 103 Å². The third-order valence-corrected chi connectivity index (χ3v) is 4.66. The minimum absolute atomic E-state index is 0.220. The molecule has 0 aromatic rings. The molecule has 3 N–H and O–H groups in total. The summed E-state index contributed by atoms with van der Waals surface area (Å²) in [5.41, 5.74) is 5.50. The number of carbonyl (C=O) groups is 1. The van der Waals surface area contributed by atoms with Gasteiger partial charge < -0.3 is 10.8 Å². The first kappa shape index (κ1) is 12.6. The van der Waals surface area contributed by atoms with Crippen molar-refractivity contribution in [2.75, 3.05) is 6.54 Å². The maximum Gasteiger partial charge on any atom is 0.307 e. The molecule has 4 atom stereocenters. The molecule has 0 spiro atoms. The molecule has 0 bridgehead atoms. The van der Waals surface area contributed by atoms with Gasteiger partial charge in [0.1, 0.15) is 0 Å². The van der Waals surface area contributed by atoms with Crippen molar-refractivity contribution >= 4 is 5.97 Å². The van der Waals surface area contributed by atoms with Crippen LogP contribution in [0.4, 0.5) is 0 Å². The lowest BCUT2D eigenvalue weighted by atomic mass is 9.46. The maximum absolute atomic E-state index is 11.7. The van der Waals surface area contributed by atoms with Crippen molar-refractivity contribution < 1.29 is 9.90 Å². The van der Waals surface area contributed by atoms with Gasteiger partial charge in [-0.1, -0.05) is 32.9 Å². The van der Waals surface area contributed by atoms with E-state index in [-0.39, 0.29) is 16.7 Å². The number of carboxylic acid groups (broad SMARTS) is 1. The number of nitrogens with two attached hydrogens (primary N) is 1. The van der Waals surface area contributed by atoms with E-state index in [9.17, 15) is 9.90 Å². The summed E-state index contributed by atoms with van der Waals surface area (Å²) >= 11 is 0. The Kier molecular flexibility index (Phi) is 2.85. The molecule has 1 saturated carbocycles. The zero-order valence-electron chi connectivity index (χ0n) is 10.9. The molecule has 1 fully saturated rings. The third kappa shape index (κ3) is 1.71. The summed E-state index contributed by atoms with van der Waals surface area (Å²) in [5.74, 6) is -0.0266. The van der Waals surface area contributed by atoms with Gasteiger partial charge in [0.25, 0.3) is 0 Å². The smallest absolute Gasteiger partial charge is 0.307 e. The van der Waals surface area contributed by atoms with Gasteiger partial charge in [-0.2, -0.15) is 0 Å². The van der Waals surface area contributed by atoms with Crippen LogP contribution in [-0.2, 0) is 4.79 Å². The highest BCUT2D eigenvalue weighted by atomic mass is 16.4. The van der Waals surface area contributed by atoms with Crippen LogP contribution in [-0.4, -0.2) is 17.6 Å². The molecule has 0 aromatic carbocycles. The molecular formula is C14H23NO2. The van der Waals surface area contributed by atoms with E-state index in [1.807, 2.05) is 20.8 Å². The zero-order valence-corrected chi connectivity index (χ0v) is 10.9. The molecule has 2 aliphatic rings. The third-order valence-electron chi connectivity index (χ3n) is 4.66. The van der Waals surface area contributed by atoms with Crippen LogP contribution in [0.15, 0.2) is 12.2 Å². The highest BCUT2D eigenvalue weighted by Crippen LogP contribution is 2.62. The fourth-order valence-electron chi connectivity index (χ4n) is 4.17. The fraction of sp³-hybridized carbons (Fsp3) is 0.786. The minimum Gasteiger partial charge on any atom is -0.481 e. The quantitative estimate of drug-likeness (QED) is 0.740. The molecule has 2 aliphatic carbocycles. The number of hydrogen-bond donors (Lipinski definition) is 2. The van der Waals surface area contributed by atoms with Crippen LogP contribution in [0, 0.1) is 28.6 Å². The van der Waals surface area contributed by atoms with Gasteiger partial charge in [0.15, 0.2) is 0 Å². The lowest BCUT2D eigenvalue weighted by molar-refractivity contribution is -0.166. The van der Waals surface area contributed by atoms with E-state index in [0.717, 1.165) is 12.8 Å². The predicted molar refractivity (Wildman–Crippen MR) is 67.4 cm³/mol. The van der Waals surface area contributed by atoms with Crippen LogP contribution in [0.5, 0.6) is 0 Å². The summed E-state index contributed by atoms with van der Waals surface area (Å²) in [6.07, 6.45) is 6.45. The van der Waals surface area contributed by atoms with Crippen molar-refractivity contribution in [1.29, 1.82) is 0 Å². The predicted octanol–water partition coefficient (Wildman–Crippen LogP) is 2.27. The van der Waals surface area contributed by atoms with Crippen molar-refractivity contribution in [3.63, 3.8) is 0 Å². The Morgan fingerprint density at radius 3 is 2.65 bits per heavy atom. The molecule has 2 rings (SSSR count). The van der Waals surface area contributed by atoms with Crippen molar-refractivity contribution in [3.8, 4) is 0 Å². The number of carboxylic acids is 1. The van der Waals surface area contributed by atoms with E-state index in [4.69, 9.17) is 5.73 Å². The van der Waals surface area contributed by atoms with Gasteiger partial charge in [0.2, 0.25) is 0 Å². The van der Waals surface area contributed by atoms with Gasteiger partial charge in [0, 0.05) is 5.41 Å². The first-order valence-corrected chi connectivity index (χ1v) is 6.42. The van der Waals surface area contributed by atoms with Crippen LogP contribution >= 0.6 is 0 Å². The van der Waals surface area contributed by atoms with Crippen LogP contribution in [0.25, 0.3) is 0 Å². The Hall–Kier alpha value is -0.830. The summed E-state index contributed by atoms with van der Waals surface area (Å²) in [4.78, 5) is 11.7. The molecule has 96 valence electrons. The molecule has 0 radical (unpaired) electrons. The van der Waals surface area contributed by atoms with Crippen molar-refractivity contribution in [3.05, 3.63) is 12.2 Å². The number of rotatable bonds is 3. The molecule has 0 heterocycles. The Bertz CT molecular complexity index is 356. The van der Waals surface area contributed by atoms with Gasteiger partial charge in [-0.3, -0.25) is 4.79 Å². The Morgan fingerprint density at radius 2 is 2.24 bits per heavy atom. The summed E-state index contributed by atoms with van der Waals surface area (Å²) in [6.45, 7) is 6.51. The second-order valence-electron chi connectivity index (χ2n) is 6.73. The molecule has 3 heteroatoms. The fourth-order valence-corrected chi connectivity index (χ4v) is 4.17. The molecule has 17 heavy (non-hydrogen) atoms. The zero-order chi connectivity index (χ0) is 12.8. The Morgan fingerprint density at radius 1 is 1.59 bits per heavy atom. The van der Waals surface area contributed by atoms with Crippen molar-refractivity contribution in [1.82, 2.24) is 0 Å². The van der Waals surface area contributed by atoms with E-state index >= 15 is 0 Å². The van der Waals surface area contributed by atoms with E-state index in [2.05, 4.69) is 12.2 Å². The van der Waals surface area contributed by atoms with Crippen LogP contribution in [0.2, 0.25) is 0 Å². The molecule has 4 unspecified atom stereocenters. The lowest BCUT2D eigenvalue weighted by Crippen LogP contribution is -2.59. The summed E-state index contributed by atoms with van der Waals surface area (Å²) in [6, 6.07) is 0. The normalized spacial score (nSPS) is 37.4. The van der Waals surface area contributed by atoms with E-state index in [1.165, 1.54) is 0 Å². The summed E-state index contributed by atoms with van der Waals surface area (Å²) in [7, 11) is 0. The largest absolute Gasteiger partial charge is 0.481 e. The van der Waals surface area contributed by atoms with E-state index < -0.39 is 5.97 Å². The highest BCUT2D eigenvalue weighted by Gasteiger charge is 2.61. The van der Waals surface area contributed by atoms with Gasteiger partial charge in [-0.15, -0.1) is 0 Å². The van der Waals surface area contributed by atoms with Crippen LogP contribution in [0.3, 0.4) is 0 Å².